The molecule has 1 aliphatic rings. The first-order chi connectivity index (χ1) is 9.63. The number of nitro benzene ring substituents is 1. The van der Waals surface area contributed by atoms with Crippen molar-refractivity contribution in [1.82, 2.24) is 10.2 Å². The topological polar surface area (TPSA) is 58.4 Å². The van der Waals surface area contributed by atoms with Crippen LogP contribution in [-0.2, 0) is 0 Å². The number of nitrogens with one attached hydrogen (secondary N) is 1. The fraction of sp³-hybridized carbons (Fsp3) is 0.467. The SMILES string of the molecule is C=CC[C@@H](c1ccc(C)c([N+](=O)[O-])c1)N1CCNCC1.Cl.Cl. The normalized spacial score (nSPS) is 16.0. The second kappa shape index (κ2) is 9.79. The van der Waals surface area contributed by atoms with Gasteiger partial charge in [0.25, 0.3) is 5.69 Å². The van der Waals surface area contributed by atoms with Gasteiger partial charge in [-0.05, 0) is 18.9 Å². The summed E-state index contributed by atoms with van der Waals surface area (Å²) < 4.78 is 0. The Labute approximate surface area is 143 Å². The Kier molecular flexibility index (Phi) is 9.28. The van der Waals surface area contributed by atoms with E-state index in [0.717, 1.165) is 38.2 Å². The summed E-state index contributed by atoms with van der Waals surface area (Å²) in [6, 6.07) is 5.73. The molecule has 1 N–H and O–H groups in total. The number of nitrogens with zero attached hydrogens (tertiary/aromatic N) is 2. The van der Waals surface area contributed by atoms with Crippen LogP contribution in [0.1, 0.15) is 23.6 Å². The van der Waals surface area contributed by atoms with E-state index in [1.807, 2.05) is 18.2 Å². The van der Waals surface area contributed by atoms with Crippen molar-refractivity contribution in [2.24, 2.45) is 0 Å². The molecule has 5 nitrogen and oxygen atoms in total. The van der Waals surface area contributed by atoms with Crippen molar-refractivity contribution in [2.75, 3.05) is 26.2 Å². The molecule has 22 heavy (non-hydrogen) atoms. The van der Waals surface area contributed by atoms with Crippen LogP contribution in [0.25, 0.3) is 0 Å². The summed E-state index contributed by atoms with van der Waals surface area (Å²) >= 11 is 0. The predicted molar refractivity (Wildman–Crippen MR) is 94.3 cm³/mol. The van der Waals surface area contributed by atoms with Crippen molar-refractivity contribution in [2.45, 2.75) is 19.4 Å². The third kappa shape index (κ3) is 4.95. The van der Waals surface area contributed by atoms with Gasteiger partial charge in [-0.3, -0.25) is 15.0 Å². The molecule has 1 saturated heterocycles. The van der Waals surface area contributed by atoms with Crippen molar-refractivity contribution in [3.8, 4) is 0 Å². The maximum Gasteiger partial charge on any atom is 0.272 e. The van der Waals surface area contributed by atoms with Gasteiger partial charge in [-0.1, -0.05) is 18.2 Å². The van der Waals surface area contributed by atoms with E-state index >= 15 is 0 Å². The van der Waals surface area contributed by atoms with Crippen molar-refractivity contribution in [3.63, 3.8) is 0 Å². The fourth-order valence-corrected chi connectivity index (χ4v) is 2.68. The number of hydrogen-bond donors (Lipinski definition) is 1. The average molecular weight is 348 g/mol. The lowest BCUT2D eigenvalue weighted by Crippen LogP contribution is -2.45. The van der Waals surface area contributed by atoms with Crippen molar-refractivity contribution >= 4 is 30.5 Å². The monoisotopic (exact) mass is 347 g/mol. The van der Waals surface area contributed by atoms with Gasteiger partial charge in [0.05, 0.1) is 4.92 Å². The van der Waals surface area contributed by atoms with Gasteiger partial charge in [-0.15, -0.1) is 31.4 Å². The Bertz CT molecular complexity index is 506. The van der Waals surface area contributed by atoms with Crippen LogP contribution < -0.4 is 5.32 Å². The molecule has 1 heterocycles. The molecule has 0 aromatic heterocycles. The quantitative estimate of drug-likeness (QED) is 0.504. The molecule has 1 fully saturated rings. The molecule has 0 aliphatic carbocycles. The molecular formula is C15H23Cl2N3O2. The number of hydrogen-bond acceptors (Lipinski definition) is 4. The summed E-state index contributed by atoms with van der Waals surface area (Å²) in [6.07, 6.45) is 2.69. The van der Waals surface area contributed by atoms with Crippen LogP contribution in [0.2, 0.25) is 0 Å². The zero-order valence-corrected chi connectivity index (χ0v) is 14.3. The minimum absolute atomic E-state index is 0. The van der Waals surface area contributed by atoms with E-state index in [9.17, 15) is 10.1 Å². The number of piperazine rings is 1. The van der Waals surface area contributed by atoms with E-state index in [4.69, 9.17) is 0 Å². The van der Waals surface area contributed by atoms with E-state index in [1.54, 1.807) is 13.0 Å². The van der Waals surface area contributed by atoms with Gasteiger partial charge in [-0.2, -0.15) is 0 Å². The predicted octanol–water partition coefficient (Wildman–Crippen LogP) is 3.27. The lowest BCUT2D eigenvalue weighted by molar-refractivity contribution is -0.385. The molecule has 0 radical (unpaired) electrons. The summed E-state index contributed by atoms with van der Waals surface area (Å²) in [5, 5.41) is 14.4. The molecule has 2 rings (SSSR count). The molecular weight excluding hydrogens is 325 g/mol. The Hall–Kier alpha value is -1.14. The molecule has 1 atom stereocenters. The Morgan fingerprint density at radius 1 is 1.41 bits per heavy atom. The highest BCUT2D eigenvalue weighted by Crippen LogP contribution is 2.29. The van der Waals surface area contributed by atoms with E-state index in [-0.39, 0.29) is 41.5 Å². The molecule has 124 valence electrons. The van der Waals surface area contributed by atoms with Crippen LogP contribution in [0, 0.1) is 17.0 Å². The molecule has 1 aromatic carbocycles. The van der Waals surface area contributed by atoms with Crippen LogP contribution >= 0.6 is 24.8 Å². The van der Waals surface area contributed by atoms with Crippen LogP contribution in [0.15, 0.2) is 30.9 Å². The number of aryl methyl sites for hydroxylation is 1. The minimum atomic E-state index is -0.304. The van der Waals surface area contributed by atoms with Crippen molar-refractivity contribution in [3.05, 3.63) is 52.1 Å². The van der Waals surface area contributed by atoms with Gasteiger partial charge >= 0.3 is 0 Å². The van der Waals surface area contributed by atoms with E-state index in [1.165, 1.54) is 0 Å². The largest absolute Gasteiger partial charge is 0.314 e. The fourth-order valence-electron chi connectivity index (χ4n) is 2.68. The number of nitro groups is 1. The number of halogens is 2. The lowest BCUT2D eigenvalue weighted by Gasteiger charge is -2.34. The number of benzene rings is 1. The molecule has 1 aromatic rings. The third-order valence-corrected chi connectivity index (χ3v) is 3.80. The smallest absolute Gasteiger partial charge is 0.272 e. The Morgan fingerprint density at radius 2 is 2.05 bits per heavy atom. The van der Waals surface area contributed by atoms with Gasteiger partial charge in [0.15, 0.2) is 0 Å². The molecule has 0 saturated carbocycles. The van der Waals surface area contributed by atoms with E-state index in [0.29, 0.717) is 5.56 Å². The molecule has 0 bridgehead atoms. The highest BCUT2D eigenvalue weighted by Gasteiger charge is 2.23. The Morgan fingerprint density at radius 3 is 2.59 bits per heavy atom. The molecule has 0 amide bonds. The second-order valence-electron chi connectivity index (χ2n) is 5.13. The van der Waals surface area contributed by atoms with E-state index in [2.05, 4.69) is 16.8 Å². The van der Waals surface area contributed by atoms with Gasteiger partial charge in [-0.25, -0.2) is 0 Å². The van der Waals surface area contributed by atoms with Gasteiger partial charge in [0, 0.05) is 43.9 Å². The van der Waals surface area contributed by atoms with Crippen LogP contribution in [0.4, 0.5) is 5.69 Å². The van der Waals surface area contributed by atoms with Gasteiger partial charge in [0.2, 0.25) is 0 Å². The highest BCUT2D eigenvalue weighted by molar-refractivity contribution is 5.85. The first kappa shape index (κ1) is 20.9. The standard InChI is InChI=1S/C15H21N3O2.2ClH/c1-3-4-14(17-9-7-16-8-10-17)13-6-5-12(2)15(11-13)18(19)20;;/h3,5-6,11,14,16H,1,4,7-10H2,2H3;2*1H/t14-;;/m0../s1. The summed E-state index contributed by atoms with van der Waals surface area (Å²) in [7, 11) is 0. The zero-order chi connectivity index (χ0) is 14.5. The number of rotatable bonds is 5. The van der Waals surface area contributed by atoms with Crippen molar-refractivity contribution < 1.29 is 4.92 Å². The van der Waals surface area contributed by atoms with Crippen LogP contribution in [0.3, 0.4) is 0 Å². The first-order valence-electron chi connectivity index (χ1n) is 6.94. The summed E-state index contributed by atoms with van der Waals surface area (Å²) in [4.78, 5) is 13.2. The maximum absolute atomic E-state index is 11.1. The third-order valence-electron chi connectivity index (χ3n) is 3.80. The summed E-state index contributed by atoms with van der Waals surface area (Å²) in [6.45, 7) is 9.43. The average Bonchev–Trinajstić information content (AvgIpc) is 2.46. The minimum Gasteiger partial charge on any atom is -0.314 e. The summed E-state index contributed by atoms with van der Waals surface area (Å²) in [5.41, 5.74) is 1.91. The van der Waals surface area contributed by atoms with Crippen LogP contribution in [0.5, 0.6) is 0 Å². The zero-order valence-electron chi connectivity index (χ0n) is 12.7. The first-order valence-corrected chi connectivity index (χ1v) is 6.94. The van der Waals surface area contributed by atoms with Gasteiger partial charge in [0.1, 0.15) is 0 Å². The van der Waals surface area contributed by atoms with Crippen molar-refractivity contribution in [1.29, 1.82) is 0 Å². The molecule has 7 heteroatoms. The molecule has 0 unspecified atom stereocenters. The Balaban J connectivity index is 0.00000220. The highest BCUT2D eigenvalue weighted by atomic mass is 35.5. The van der Waals surface area contributed by atoms with Crippen LogP contribution in [-0.4, -0.2) is 36.0 Å². The summed E-state index contributed by atoms with van der Waals surface area (Å²) in [5.74, 6) is 0. The van der Waals surface area contributed by atoms with E-state index < -0.39 is 0 Å². The lowest BCUT2D eigenvalue weighted by atomic mass is 9.99. The molecule has 1 aliphatic heterocycles. The molecule has 0 spiro atoms. The van der Waals surface area contributed by atoms with Gasteiger partial charge < -0.3 is 5.32 Å². The maximum atomic E-state index is 11.1. The second-order valence-corrected chi connectivity index (χ2v) is 5.13.